The minimum Gasteiger partial charge on any atom is -0.481 e. The van der Waals surface area contributed by atoms with Gasteiger partial charge < -0.3 is 10.0 Å². The average molecular weight is 267 g/mol. The summed E-state index contributed by atoms with van der Waals surface area (Å²) in [6.45, 7) is 0.800. The lowest BCUT2D eigenvalue weighted by atomic mass is 9.71. The number of carboxylic acid groups (broad SMARTS) is 1. The maximum atomic E-state index is 12.3. The SMILES string of the molecule is CN(CC1CCC1)C(=O)CC1(C(=O)O)CCCCC1. The first-order valence-corrected chi connectivity index (χ1v) is 7.51. The van der Waals surface area contributed by atoms with Gasteiger partial charge in [0.1, 0.15) is 0 Å². The molecule has 0 aromatic rings. The van der Waals surface area contributed by atoms with Crippen molar-refractivity contribution in [3.8, 4) is 0 Å². The topological polar surface area (TPSA) is 57.6 Å². The van der Waals surface area contributed by atoms with E-state index in [1.54, 1.807) is 4.90 Å². The minimum absolute atomic E-state index is 0.0104. The van der Waals surface area contributed by atoms with E-state index in [1.807, 2.05) is 7.05 Å². The van der Waals surface area contributed by atoms with Crippen molar-refractivity contribution in [1.29, 1.82) is 0 Å². The lowest BCUT2D eigenvalue weighted by Crippen LogP contribution is -2.41. The van der Waals surface area contributed by atoms with Gasteiger partial charge in [0.15, 0.2) is 0 Å². The molecule has 0 radical (unpaired) electrons. The Morgan fingerprint density at radius 1 is 1.16 bits per heavy atom. The van der Waals surface area contributed by atoms with E-state index >= 15 is 0 Å². The highest BCUT2D eigenvalue weighted by molar-refractivity contribution is 5.85. The smallest absolute Gasteiger partial charge is 0.310 e. The van der Waals surface area contributed by atoms with Crippen LogP contribution in [0.3, 0.4) is 0 Å². The van der Waals surface area contributed by atoms with Crippen LogP contribution in [0.15, 0.2) is 0 Å². The van der Waals surface area contributed by atoms with Crippen molar-refractivity contribution in [2.24, 2.45) is 11.3 Å². The van der Waals surface area contributed by atoms with Crippen molar-refractivity contribution in [3.05, 3.63) is 0 Å². The molecule has 4 nitrogen and oxygen atoms in total. The molecule has 0 spiro atoms. The normalized spacial score (nSPS) is 22.6. The number of rotatable bonds is 5. The van der Waals surface area contributed by atoms with Gasteiger partial charge in [0, 0.05) is 20.0 Å². The zero-order valence-corrected chi connectivity index (χ0v) is 11.9. The summed E-state index contributed by atoms with van der Waals surface area (Å²) in [6, 6.07) is 0. The van der Waals surface area contributed by atoms with Crippen LogP contribution < -0.4 is 0 Å². The molecule has 0 atom stereocenters. The number of carboxylic acids is 1. The molecular formula is C15H25NO3. The van der Waals surface area contributed by atoms with Crippen LogP contribution in [0.1, 0.15) is 57.8 Å². The molecule has 0 unspecified atom stereocenters. The summed E-state index contributed by atoms with van der Waals surface area (Å²) in [5.41, 5.74) is -0.788. The van der Waals surface area contributed by atoms with Gasteiger partial charge in [-0.05, 0) is 31.6 Å². The molecule has 1 N–H and O–H groups in total. The molecule has 0 aromatic heterocycles. The van der Waals surface area contributed by atoms with Crippen molar-refractivity contribution in [1.82, 2.24) is 4.90 Å². The van der Waals surface area contributed by atoms with Crippen LogP contribution in [0.5, 0.6) is 0 Å². The molecule has 2 saturated carbocycles. The summed E-state index contributed by atoms with van der Waals surface area (Å²) in [7, 11) is 1.82. The highest BCUT2D eigenvalue weighted by Gasteiger charge is 2.42. The summed E-state index contributed by atoms with van der Waals surface area (Å²) in [5, 5.41) is 9.49. The molecule has 0 aromatic carbocycles. The molecule has 0 saturated heterocycles. The fourth-order valence-electron chi connectivity index (χ4n) is 3.28. The lowest BCUT2D eigenvalue weighted by Gasteiger charge is -2.35. The molecule has 0 aliphatic heterocycles. The highest BCUT2D eigenvalue weighted by Crippen LogP contribution is 2.40. The van der Waals surface area contributed by atoms with Crippen molar-refractivity contribution in [3.63, 3.8) is 0 Å². The maximum Gasteiger partial charge on any atom is 0.310 e. The van der Waals surface area contributed by atoms with Gasteiger partial charge in [-0.15, -0.1) is 0 Å². The number of carbonyl (C=O) groups excluding carboxylic acids is 1. The van der Waals surface area contributed by atoms with Crippen molar-refractivity contribution < 1.29 is 14.7 Å². The van der Waals surface area contributed by atoms with E-state index < -0.39 is 11.4 Å². The molecule has 4 heteroatoms. The monoisotopic (exact) mass is 267 g/mol. The Bertz CT molecular complexity index is 343. The minimum atomic E-state index is -0.788. The first-order valence-electron chi connectivity index (χ1n) is 7.51. The predicted molar refractivity (Wildman–Crippen MR) is 72.7 cm³/mol. The van der Waals surface area contributed by atoms with Crippen LogP contribution >= 0.6 is 0 Å². The Kier molecular flexibility index (Phi) is 4.48. The molecule has 2 aliphatic carbocycles. The number of amides is 1. The van der Waals surface area contributed by atoms with Gasteiger partial charge in [-0.2, -0.15) is 0 Å². The third-order valence-corrected chi connectivity index (χ3v) is 4.94. The Balaban J connectivity index is 1.92. The van der Waals surface area contributed by atoms with Crippen LogP contribution in [0.4, 0.5) is 0 Å². The van der Waals surface area contributed by atoms with Crippen LogP contribution in [-0.2, 0) is 9.59 Å². The van der Waals surface area contributed by atoms with Gasteiger partial charge in [0.25, 0.3) is 0 Å². The number of carbonyl (C=O) groups is 2. The molecule has 2 aliphatic rings. The summed E-state index contributed by atoms with van der Waals surface area (Å²) >= 11 is 0. The van der Waals surface area contributed by atoms with Crippen LogP contribution in [0.2, 0.25) is 0 Å². The van der Waals surface area contributed by atoms with Gasteiger partial charge in [0.05, 0.1) is 5.41 Å². The van der Waals surface area contributed by atoms with Gasteiger partial charge in [0.2, 0.25) is 5.91 Å². The summed E-state index contributed by atoms with van der Waals surface area (Å²) in [4.78, 5) is 25.6. The van der Waals surface area contributed by atoms with Crippen LogP contribution in [0.25, 0.3) is 0 Å². The molecule has 0 bridgehead atoms. The van der Waals surface area contributed by atoms with E-state index in [4.69, 9.17) is 0 Å². The predicted octanol–water partition coefficient (Wildman–Crippen LogP) is 2.67. The quantitative estimate of drug-likeness (QED) is 0.833. The molecule has 19 heavy (non-hydrogen) atoms. The molecule has 2 rings (SSSR count). The highest BCUT2D eigenvalue weighted by atomic mass is 16.4. The fourth-order valence-corrected chi connectivity index (χ4v) is 3.28. The first-order chi connectivity index (χ1) is 9.03. The number of aliphatic carboxylic acids is 1. The maximum absolute atomic E-state index is 12.3. The lowest BCUT2D eigenvalue weighted by molar-refractivity contribution is -0.155. The zero-order chi connectivity index (χ0) is 13.9. The summed E-state index contributed by atoms with van der Waals surface area (Å²) in [5.74, 6) is -0.130. The average Bonchev–Trinajstić information content (AvgIpc) is 2.34. The fraction of sp³-hybridized carbons (Fsp3) is 0.867. The van der Waals surface area contributed by atoms with Gasteiger partial charge in [-0.25, -0.2) is 0 Å². The molecule has 1 amide bonds. The largest absolute Gasteiger partial charge is 0.481 e. The second kappa shape index (κ2) is 5.93. The van der Waals surface area contributed by atoms with Crippen LogP contribution in [-0.4, -0.2) is 35.5 Å². The molecule has 108 valence electrons. The van der Waals surface area contributed by atoms with Gasteiger partial charge >= 0.3 is 5.97 Å². The summed E-state index contributed by atoms with van der Waals surface area (Å²) in [6.07, 6.45) is 8.16. The van der Waals surface area contributed by atoms with Crippen molar-refractivity contribution in [2.45, 2.75) is 57.8 Å². The number of hydrogen-bond acceptors (Lipinski definition) is 2. The van der Waals surface area contributed by atoms with E-state index in [-0.39, 0.29) is 12.3 Å². The third-order valence-electron chi connectivity index (χ3n) is 4.94. The Hall–Kier alpha value is -1.06. The van der Waals surface area contributed by atoms with Crippen molar-refractivity contribution >= 4 is 11.9 Å². The van der Waals surface area contributed by atoms with E-state index in [9.17, 15) is 14.7 Å². The second-order valence-corrected chi connectivity index (χ2v) is 6.39. The second-order valence-electron chi connectivity index (χ2n) is 6.39. The standard InChI is InChI=1S/C15H25NO3/c1-16(11-12-6-5-7-12)13(17)10-15(14(18)19)8-3-2-4-9-15/h12H,2-11H2,1H3,(H,18,19). The Labute approximate surface area is 115 Å². The van der Waals surface area contributed by atoms with E-state index in [1.165, 1.54) is 19.3 Å². The Morgan fingerprint density at radius 2 is 1.79 bits per heavy atom. The Morgan fingerprint density at radius 3 is 2.26 bits per heavy atom. The van der Waals surface area contributed by atoms with E-state index in [2.05, 4.69) is 0 Å². The van der Waals surface area contributed by atoms with E-state index in [0.717, 1.165) is 25.8 Å². The number of nitrogens with zero attached hydrogens (tertiary/aromatic N) is 1. The van der Waals surface area contributed by atoms with Gasteiger partial charge in [-0.1, -0.05) is 25.7 Å². The molecular weight excluding hydrogens is 242 g/mol. The third kappa shape index (κ3) is 3.28. The molecule has 0 heterocycles. The van der Waals surface area contributed by atoms with E-state index in [0.29, 0.717) is 18.8 Å². The van der Waals surface area contributed by atoms with Gasteiger partial charge in [-0.3, -0.25) is 9.59 Å². The zero-order valence-electron chi connectivity index (χ0n) is 11.9. The number of hydrogen-bond donors (Lipinski definition) is 1. The first kappa shape index (κ1) is 14.4. The summed E-state index contributed by atoms with van der Waals surface area (Å²) < 4.78 is 0. The van der Waals surface area contributed by atoms with Crippen LogP contribution in [0, 0.1) is 11.3 Å². The van der Waals surface area contributed by atoms with Crippen molar-refractivity contribution in [2.75, 3.05) is 13.6 Å². The molecule has 2 fully saturated rings.